The van der Waals surface area contributed by atoms with Gasteiger partial charge in [0.25, 0.3) is 0 Å². The van der Waals surface area contributed by atoms with E-state index >= 15 is 0 Å². The van der Waals surface area contributed by atoms with Crippen molar-refractivity contribution >= 4 is 12.6 Å². The maximum Gasteiger partial charge on any atom is 0.633 e. The Kier molecular flexibility index (Phi) is 4.17. The number of hydrogen-bond donors (Lipinski definition) is 0. The summed E-state index contributed by atoms with van der Waals surface area (Å²) in [5.41, 5.74) is 0.937. The molecule has 2 aromatic carbocycles. The number of benzene rings is 2. The van der Waals surface area contributed by atoms with Gasteiger partial charge in [0.15, 0.2) is 5.88 Å². The molecule has 3 rings (SSSR count). The molecule has 102 valence electrons. The van der Waals surface area contributed by atoms with Gasteiger partial charge in [-0.1, -0.05) is 54.6 Å². The Bertz CT molecular complexity index is 621. The summed E-state index contributed by atoms with van der Waals surface area (Å²) in [6.45, 7) is 0. The van der Waals surface area contributed by atoms with E-state index in [0.717, 1.165) is 11.2 Å². The molecular formula is C17H14BNO2. The van der Waals surface area contributed by atoms with Crippen molar-refractivity contribution in [2.75, 3.05) is 0 Å². The summed E-state index contributed by atoms with van der Waals surface area (Å²) >= 11 is 0. The van der Waals surface area contributed by atoms with E-state index in [0.29, 0.717) is 5.88 Å². The predicted molar refractivity (Wildman–Crippen MR) is 83.8 cm³/mol. The third kappa shape index (κ3) is 3.63. The second-order valence-corrected chi connectivity index (χ2v) is 4.46. The second kappa shape index (κ2) is 6.61. The number of pyridine rings is 1. The number of rotatable bonds is 5. The van der Waals surface area contributed by atoms with E-state index in [4.69, 9.17) is 9.31 Å². The van der Waals surface area contributed by atoms with E-state index in [-0.39, 0.29) is 0 Å². The van der Waals surface area contributed by atoms with Gasteiger partial charge in [0.1, 0.15) is 5.75 Å². The number of aromatic nitrogens is 1. The summed E-state index contributed by atoms with van der Waals surface area (Å²) in [7, 11) is -0.538. The normalized spacial score (nSPS) is 9.90. The van der Waals surface area contributed by atoms with E-state index in [1.165, 1.54) is 0 Å². The summed E-state index contributed by atoms with van der Waals surface area (Å²) in [5.74, 6) is 1.28. The first-order chi connectivity index (χ1) is 10.4. The average Bonchev–Trinajstić information content (AvgIpc) is 2.57. The largest absolute Gasteiger partial charge is 0.633 e. The van der Waals surface area contributed by atoms with Crippen LogP contribution in [0.5, 0.6) is 11.6 Å². The van der Waals surface area contributed by atoms with Crippen molar-refractivity contribution in [1.82, 2.24) is 4.98 Å². The fourth-order valence-corrected chi connectivity index (χ4v) is 1.92. The number of hydrogen-bond acceptors (Lipinski definition) is 3. The molecule has 0 aliphatic carbocycles. The summed E-state index contributed by atoms with van der Waals surface area (Å²) in [5, 5.41) is 0. The standard InChI is InChI=1S/C17H14BNO2/c1-3-9-15(10-4-1)18(20-16-11-5-2-6-12-16)21-17-13-7-8-14-19-17/h1-14H. The number of nitrogens with zero attached hydrogens (tertiary/aromatic N) is 1. The lowest BCUT2D eigenvalue weighted by Gasteiger charge is -2.16. The average molecular weight is 275 g/mol. The third-order valence-corrected chi connectivity index (χ3v) is 2.92. The minimum absolute atomic E-state index is 0.530. The molecular weight excluding hydrogens is 261 g/mol. The highest BCUT2D eigenvalue weighted by molar-refractivity contribution is 6.62. The first-order valence-electron chi connectivity index (χ1n) is 6.76. The van der Waals surface area contributed by atoms with E-state index in [9.17, 15) is 0 Å². The van der Waals surface area contributed by atoms with Crippen LogP contribution in [0.4, 0.5) is 0 Å². The molecule has 0 N–H and O–H groups in total. The van der Waals surface area contributed by atoms with Crippen LogP contribution in [0.1, 0.15) is 0 Å². The van der Waals surface area contributed by atoms with Gasteiger partial charge in [0.05, 0.1) is 0 Å². The van der Waals surface area contributed by atoms with Gasteiger partial charge in [0.2, 0.25) is 0 Å². The van der Waals surface area contributed by atoms with Crippen LogP contribution in [-0.2, 0) is 0 Å². The highest BCUT2D eigenvalue weighted by Gasteiger charge is 2.26. The van der Waals surface area contributed by atoms with Crippen molar-refractivity contribution in [3.63, 3.8) is 0 Å². The molecule has 4 heteroatoms. The minimum atomic E-state index is -0.538. The second-order valence-electron chi connectivity index (χ2n) is 4.46. The SMILES string of the molecule is c1ccc(OB(Oc2ccccn2)c2ccccc2)cc1. The molecule has 0 atom stereocenters. The molecule has 21 heavy (non-hydrogen) atoms. The minimum Gasteiger partial charge on any atom is -0.522 e. The van der Waals surface area contributed by atoms with Gasteiger partial charge < -0.3 is 9.31 Å². The van der Waals surface area contributed by atoms with Gasteiger partial charge in [-0.2, -0.15) is 0 Å². The Morgan fingerprint density at radius 2 is 1.33 bits per heavy atom. The van der Waals surface area contributed by atoms with E-state index in [1.54, 1.807) is 6.20 Å². The monoisotopic (exact) mass is 275 g/mol. The molecule has 0 bridgehead atoms. The molecule has 0 saturated carbocycles. The Labute approximate surface area is 124 Å². The molecule has 0 radical (unpaired) electrons. The molecule has 0 amide bonds. The number of para-hydroxylation sites is 1. The van der Waals surface area contributed by atoms with E-state index in [1.807, 2.05) is 78.9 Å². The molecule has 1 aromatic heterocycles. The maximum atomic E-state index is 5.94. The van der Waals surface area contributed by atoms with Gasteiger partial charge in [-0.05, 0) is 24.3 Å². The topological polar surface area (TPSA) is 31.4 Å². The highest BCUT2D eigenvalue weighted by atomic mass is 16.6. The van der Waals surface area contributed by atoms with Crippen LogP contribution in [0.15, 0.2) is 85.1 Å². The smallest absolute Gasteiger partial charge is 0.522 e. The molecule has 0 saturated heterocycles. The Hall–Kier alpha value is -2.75. The van der Waals surface area contributed by atoms with Crippen LogP contribution in [0.25, 0.3) is 0 Å². The summed E-state index contributed by atoms with van der Waals surface area (Å²) in [4.78, 5) is 4.18. The summed E-state index contributed by atoms with van der Waals surface area (Å²) in [6, 6.07) is 25.0. The van der Waals surface area contributed by atoms with Crippen molar-refractivity contribution in [2.24, 2.45) is 0 Å². The van der Waals surface area contributed by atoms with Crippen LogP contribution in [-0.4, -0.2) is 12.1 Å². The van der Waals surface area contributed by atoms with Gasteiger partial charge in [-0.15, -0.1) is 0 Å². The molecule has 0 aliphatic heterocycles. The lowest BCUT2D eigenvalue weighted by atomic mass is 9.79. The van der Waals surface area contributed by atoms with Gasteiger partial charge in [-0.25, -0.2) is 4.98 Å². The lowest BCUT2D eigenvalue weighted by Crippen LogP contribution is -2.42. The van der Waals surface area contributed by atoms with Crippen molar-refractivity contribution in [3.05, 3.63) is 85.1 Å². The molecule has 0 spiro atoms. The third-order valence-electron chi connectivity index (χ3n) is 2.92. The lowest BCUT2D eigenvalue weighted by molar-refractivity contribution is 0.429. The Morgan fingerprint density at radius 3 is 2.00 bits per heavy atom. The quantitative estimate of drug-likeness (QED) is 0.671. The maximum absolute atomic E-state index is 5.94. The van der Waals surface area contributed by atoms with Gasteiger partial charge in [-0.3, -0.25) is 0 Å². The zero-order valence-corrected chi connectivity index (χ0v) is 11.4. The fourth-order valence-electron chi connectivity index (χ4n) is 1.92. The van der Waals surface area contributed by atoms with Crippen molar-refractivity contribution in [2.45, 2.75) is 0 Å². The molecule has 0 aliphatic rings. The fraction of sp³-hybridized carbons (Fsp3) is 0. The van der Waals surface area contributed by atoms with Crippen molar-refractivity contribution in [1.29, 1.82) is 0 Å². The van der Waals surface area contributed by atoms with E-state index < -0.39 is 7.12 Å². The predicted octanol–water partition coefficient (Wildman–Crippen LogP) is 2.93. The van der Waals surface area contributed by atoms with Gasteiger partial charge >= 0.3 is 7.12 Å². The van der Waals surface area contributed by atoms with Crippen LogP contribution < -0.4 is 14.8 Å². The van der Waals surface area contributed by atoms with Crippen LogP contribution >= 0.6 is 0 Å². The van der Waals surface area contributed by atoms with Crippen molar-refractivity contribution in [3.8, 4) is 11.6 Å². The van der Waals surface area contributed by atoms with Crippen molar-refractivity contribution < 1.29 is 9.31 Å². The Balaban J connectivity index is 1.84. The molecule has 0 fully saturated rings. The molecule has 3 aromatic rings. The first-order valence-corrected chi connectivity index (χ1v) is 6.76. The van der Waals surface area contributed by atoms with Gasteiger partial charge in [0, 0.05) is 11.7 Å². The Morgan fingerprint density at radius 1 is 0.667 bits per heavy atom. The van der Waals surface area contributed by atoms with E-state index in [2.05, 4.69) is 4.98 Å². The van der Waals surface area contributed by atoms with Crippen LogP contribution in [0.3, 0.4) is 0 Å². The highest BCUT2D eigenvalue weighted by Crippen LogP contribution is 2.12. The zero-order chi connectivity index (χ0) is 14.3. The molecule has 3 nitrogen and oxygen atoms in total. The summed E-state index contributed by atoms with van der Waals surface area (Å²) in [6.07, 6.45) is 1.69. The summed E-state index contributed by atoms with van der Waals surface area (Å²) < 4.78 is 11.8. The first kappa shape index (κ1) is 13.2. The molecule has 0 unspecified atom stereocenters. The molecule has 1 heterocycles. The van der Waals surface area contributed by atoms with Crippen LogP contribution in [0, 0.1) is 0 Å². The van der Waals surface area contributed by atoms with Crippen LogP contribution in [0.2, 0.25) is 0 Å². The zero-order valence-electron chi connectivity index (χ0n) is 11.4.